The van der Waals surface area contributed by atoms with Crippen LogP contribution in [-0.4, -0.2) is 54.9 Å². The van der Waals surface area contributed by atoms with Gasteiger partial charge in [-0.3, -0.25) is 0 Å². The molecule has 1 atom stereocenters. The van der Waals surface area contributed by atoms with Gasteiger partial charge in [0.25, 0.3) is 0 Å². The smallest absolute Gasteiger partial charge is 0.326 e. The van der Waals surface area contributed by atoms with Gasteiger partial charge in [-0.05, 0) is 24.7 Å². The lowest BCUT2D eigenvalue weighted by atomic mass is 9.87. The van der Waals surface area contributed by atoms with Crippen molar-refractivity contribution in [2.24, 2.45) is 11.8 Å². The third kappa shape index (κ3) is 5.00. The Bertz CT molecular complexity index is 325. The predicted octanol–water partition coefficient (Wildman–Crippen LogP) is 1.55. The van der Waals surface area contributed by atoms with Gasteiger partial charge in [-0.15, -0.1) is 0 Å². The van der Waals surface area contributed by atoms with Crippen molar-refractivity contribution in [1.29, 1.82) is 0 Å². The first-order valence-corrected chi connectivity index (χ1v) is 7.22. The summed E-state index contributed by atoms with van der Waals surface area (Å²) >= 11 is 0. The van der Waals surface area contributed by atoms with Gasteiger partial charge >= 0.3 is 12.0 Å². The van der Waals surface area contributed by atoms with E-state index in [4.69, 9.17) is 9.84 Å². The molecule has 0 spiro atoms. The SMILES string of the molecule is COCCC(NC(=O)N1CCC(C(C)C)CC1)C(=O)O. The molecule has 6 nitrogen and oxygen atoms in total. The summed E-state index contributed by atoms with van der Waals surface area (Å²) in [6, 6.07) is -1.17. The molecule has 6 heteroatoms. The van der Waals surface area contributed by atoms with E-state index in [0.29, 0.717) is 31.5 Å². The van der Waals surface area contributed by atoms with E-state index in [-0.39, 0.29) is 12.5 Å². The quantitative estimate of drug-likeness (QED) is 0.776. The Hall–Kier alpha value is -1.30. The molecule has 2 N–H and O–H groups in total. The van der Waals surface area contributed by atoms with Gasteiger partial charge in [-0.25, -0.2) is 9.59 Å². The molecule has 0 saturated carbocycles. The van der Waals surface area contributed by atoms with Crippen molar-refractivity contribution in [1.82, 2.24) is 10.2 Å². The average molecular weight is 286 g/mol. The van der Waals surface area contributed by atoms with Gasteiger partial charge in [-0.1, -0.05) is 13.8 Å². The average Bonchev–Trinajstić information content (AvgIpc) is 2.42. The maximum absolute atomic E-state index is 12.1. The van der Waals surface area contributed by atoms with Crippen LogP contribution in [0.4, 0.5) is 4.79 Å². The van der Waals surface area contributed by atoms with Crippen LogP contribution < -0.4 is 5.32 Å². The molecular formula is C14H26N2O4. The largest absolute Gasteiger partial charge is 0.480 e. The summed E-state index contributed by atoms with van der Waals surface area (Å²) in [6.45, 7) is 6.11. The summed E-state index contributed by atoms with van der Waals surface area (Å²) in [6.07, 6.45) is 2.25. The number of methoxy groups -OCH3 is 1. The molecule has 0 aromatic heterocycles. The predicted molar refractivity (Wildman–Crippen MR) is 75.6 cm³/mol. The number of carbonyl (C=O) groups is 2. The highest BCUT2D eigenvalue weighted by atomic mass is 16.5. The minimum absolute atomic E-state index is 0.278. The Kier molecular flexibility index (Phi) is 6.78. The summed E-state index contributed by atoms with van der Waals surface area (Å²) in [4.78, 5) is 24.8. The first kappa shape index (κ1) is 16.8. The minimum Gasteiger partial charge on any atom is -0.480 e. The van der Waals surface area contributed by atoms with Crippen LogP contribution in [0.25, 0.3) is 0 Å². The van der Waals surface area contributed by atoms with Crippen LogP contribution in [0, 0.1) is 11.8 Å². The molecule has 0 aromatic rings. The third-order valence-electron chi connectivity index (χ3n) is 3.98. The molecule has 0 aromatic carbocycles. The zero-order valence-electron chi connectivity index (χ0n) is 12.6. The Morgan fingerprint density at radius 1 is 1.35 bits per heavy atom. The standard InChI is InChI=1S/C14H26N2O4/c1-10(2)11-4-7-16(8-5-11)14(19)15-12(13(17)18)6-9-20-3/h10-12H,4-9H2,1-3H3,(H,15,19)(H,17,18). The van der Waals surface area contributed by atoms with Crippen molar-refractivity contribution in [3.63, 3.8) is 0 Å². The Morgan fingerprint density at radius 2 is 1.95 bits per heavy atom. The van der Waals surface area contributed by atoms with Crippen molar-refractivity contribution in [2.45, 2.75) is 39.2 Å². The highest BCUT2D eigenvalue weighted by molar-refractivity contribution is 5.82. The van der Waals surface area contributed by atoms with Crippen molar-refractivity contribution in [2.75, 3.05) is 26.8 Å². The van der Waals surface area contributed by atoms with E-state index in [1.54, 1.807) is 4.90 Å². The van der Waals surface area contributed by atoms with Crippen molar-refractivity contribution < 1.29 is 19.4 Å². The van der Waals surface area contributed by atoms with Gasteiger partial charge in [0, 0.05) is 33.2 Å². The van der Waals surface area contributed by atoms with E-state index in [9.17, 15) is 9.59 Å². The number of aliphatic carboxylic acids is 1. The molecule has 1 unspecified atom stereocenters. The molecule has 1 heterocycles. The Labute approximate surface area is 120 Å². The lowest BCUT2D eigenvalue weighted by Crippen LogP contribution is -2.50. The molecule has 116 valence electrons. The first-order chi connectivity index (χ1) is 9.45. The molecule has 20 heavy (non-hydrogen) atoms. The van der Waals surface area contributed by atoms with Crippen molar-refractivity contribution in [3.8, 4) is 0 Å². The number of piperidine rings is 1. The zero-order valence-corrected chi connectivity index (χ0v) is 12.6. The fourth-order valence-electron chi connectivity index (χ4n) is 2.50. The molecule has 0 aliphatic carbocycles. The molecule has 1 rings (SSSR count). The second kappa shape index (κ2) is 8.09. The van der Waals surface area contributed by atoms with E-state index in [2.05, 4.69) is 19.2 Å². The summed E-state index contributed by atoms with van der Waals surface area (Å²) in [5.74, 6) is 0.268. The van der Waals surface area contributed by atoms with Gasteiger partial charge in [0.05, 0.1) is 0 Å². The molecule has 1 aliphatic heterocycles. The van der Waals surface area contributed by atoms with Gasteiger partial charge in [0.15, 0.2) is 0 Å². The third-order valence-corrected chi connectivity index (χ3v) is 3.98. The topological polar surface area (TPSA) is 78.9 Å². The van der Waals surface area contributed by atoms with E-state index in [1.165, 1.54) is 7.11 Å². The molecule has 0 radical (unpaired) electrons. The van der Waals surface area contributed by atoms with Crippen LogP contribution in [0.3, 0.4) is 0 Å². The maximum Gasteiger partial charge on any atom is 0.326 e. The highest BCUT2D eigenvalue weighted by Crippen LogP contribution is 2.24. The molecular weight excluding hydrogens is 260 g/mol. The number of amides is 2. The van der Waals surface area contributed by atoms with Gasteiger partial charge in [0.2, 0.25) is 0 Å². The lowest BCUT2D eigenvalue weighted by molar-refractivity contribution is -0.139. The minimum atomic E-state index is -1.02. The van der Waals surface area contributed by atoms with E-state index >= 15 is 0 Å². The van der Waals surface area contributed by atoms with Crippen LogP contribution in [0.5, 0.6) is 0 Å². The van der Waals surface area contributed by atoms with Crippen LogP contribution in [-0.2, 0) is 9.53 Å². The number of likely N-dealkylation sites (tertiary alicyclic amines) is 1. The Morgan fingerprint density at radius 3 is 2.40 bits per heavy atom. The van der Waals surface area contributed by atoms with Crippen LogP contribution in [0.15, 0.2) is 0 Å². The maximum atomic E-state index is 12.1. The van der Waals surface area contributed by atoms with E-state index in [0.717, 1.165) is 12.8 Å². The molecule has 0 bridgehead atoms. The fraction of sp³-hybridized carbons (Fsp3) is 0.857. The number of carboxylic acids is 1. The molecule has 1 fully saturated rings. The number of hydrogen-bond donors (Lipinski definition) is 2. The number of hydrogen-bond acceptors (Lipinski definition) is 3. The van der Waals surface area contributed by atoms with Gasteiger partial charge in [0.1, 0.15) is 6.04 Å². The van der Waals surface area contributed by atoms with E-state index in [1.807, 2.05) is 0 Å². The summed E-state index contributed by atoms with van der Waals surface area (Å²) in [5.41, 5.74) is 0. The summed E-state index contributed by atoms with van der Waals surface area (Å²) in [7, 11) is 1.51. The molecule has 1 aliphatic rings. The van der Waals surface area contributed by atoms with Crippen LogP contribution in [0.1, 0.15) is 33.1 Å². The number of urea groups is 1. The van der Waals surface area contributed by atoms with E-state index < -0.39 is 12.0 Å². The monoisotopic (exact) mass is 286 g/mol. The zero-order chi connectivity index (χ0) is 15.1. The fourth-order valence-corrected chi connectivity index (χ4v) is 2.50. The van der Waals surface area contributed by atoms with Crippen molar-refractivity contribution in [3.05, 3.63) is 0 Å². The summed E-state index contributed by atoms with van der Waals surface area (Å²) in [5, 5.41) is 11.6. The van der Waals surface area contributed by atoms with Crippen molar-refractivity contribution >= 4 is 12.0 Å². The lowest BCUT2D eigenvalue weighted by Gasteiger charge is -2.34. The molecule has 1 saturated heterocycles. The molecule has 2 amide bonds. The number of carbonyl (C=O) groups excluding carboxylic acids is 1. The highest BCUT2D eigenvalue weighted by Gasteiger charge is 2.27. The second-order valence-corrected chi connectivity index (χ2v) is 5.69. The van der Waals surface area contributed by atoms with Gasteiger partial charge < -0.3 is 20.1 Å². The summed E-state index contributed by atoms with van der Waals surface area (Å²) < 4.78 is 4.86. The number of nitrogens with one attached hydrogen (secondary N) is 1. The van der Waals surface area contributed by atoms with Crippen LogP contribution in [0.2, 0.25) is 0 Å². The first-order valence-electron chi connectivity index (χ1n) is 7.22. The second-order valence-electron chi connectivity index (χ2n) is 5.69. The number of nitrogens with zero attached hydrogens (tertiary/aromatic N) is 1. The number of ether oxygens (including phenoxy) is 1. The van der Waals surface area contributed by atoms with Crippen LogP contribution >= 0.6 is 0 Å². The number of rotatable bonds is 6. The number of carboxylic acid groups (broad SMARTS) is 1. The van der Waals surface area contributed by atoms with Gasteiger partial charge in [-0.2, -0.15) is 0 Å². The Balaban J connectivity index is 2.43. The normalized spacial score (nSPS) is 18.1.